The van der Waals surface area contributed by atoms with Crippen molar-refractivity contribution < 1.29 is 32.4 Å². The number of halogens is 3. The minimum Gasteiger partial charge on any atom is -0.465 e. The number of hydrogen-bond donors (Lipinski definition) is 0. The average molecular weight is 280 g/mol. The van der Waals surface area contributed by atoms with Crippen molar-refractivity contribution in [2.75, 3.05) is 7.11 Å². The molecule has 1 aromatic heterocycles. The fraction of sp³-hybridized carbons (Fsp3) is 0.333. The van der Waals surface area contributed by atoms with Crippen LogP contribution in [0.15, 0.2) is 6.07 Å². The van der Waals surface area contributed by atoms with Crippen LogP contribution in [0.4, 0.5) is 19.0 Å². The molecule has 0 aliphatic carbocycles. The first-order valence-corrected chi connectivity index (χ1v) is 4.66. The maximum Gasteiger partial charge on any atom is 0.575 e. The van der Waals surface area contributed by atoms with Crippen LogP contribution in [0, 0.1) is 17.0 Å². The highest BCUT2D eigenvalue weighted by Crippen LogP contribution is 2.28. The molecular weight excluding hydrogens is 273 g/mol. The number of alkyl halides is 3. The Morgan fingerprint density at radius 2 is 2.05 bits per heavy atom. The van der Waals surface area contributed by atoms with Gasteiger partial charge < -0.3 is 19.6 Å². The van der Waals surface area contributed by atoms with Crippen LogP contribution in [0.3, 0.4) is 0 Å². The van der Waals surface area contributed by atoms with Crippen LogP contribution in [0.5, 0.6) is 5.88 Å². The zero-order valence-corrected chi connectivity index (χ0v) is 9.65. The largest absolute Gasteiger partial charge is 0.575 e. The Labute approximate surface area is 104 Å². The van der Waals surface area contributed by atoms with Gasteiger partial charge in [0, 0.05) is 11.1 Å². The van der Waals surface area contributed by atoms with E-state index in [0.29, 0.717) is 6.07 Å². The molecule has 0 aliphatic rings. The maximum absolute atomic E-state index is 12.0. The number of nitro groups is 1. The quantitative estimate of drug-likeness (QED) is 0.477. The summed E-state index contributed by atoms with van der Waals surface area (Å²) >= 11 is 0. The minimum absolute atomic E-state index is 0.216. The molecule has 1 heterocycles. The number of aromatic nitrogens is 1. The summed E-state index contributed by atoms with van der Waals surface area (Å²) in [6, 6.07) is 0.627. The molecule has 10 heteroatoms. The maximum atomic E-state index is 12.0. The van der Waals surface area contributed by atoms with Crippen LogP contribution >= 0.6 is 0 Å². The second-order valence-electron chi connectivity index (χ2n) is 3.25. The van der Waals surface area contributed by atoms with Crippen LogP contribution < -0.4 is 4.74 Å². The van der Waals surface area contributed by atoms with Crippen molar-refractivity contribution in [3.05, 3.63) is 27.3 Å². The molecule has 0 saturated carbocycles. The van der Waals surface area contributed by atoms with Gasteiger partial charge >= 0.3 is 24.0 Å². The minimum atomic E-state index is -5.08. The van der Waals surface area contributed by atoms with Crippen molar-refractivity contribution >= 4 is 11.8 Å². The fourth-order valence-corrected chi connectivity index (χ4v) is 1.24. The Bertz CT molecular complexity index is 529. The summed E-state index contributed by atoms with van der Waals surface area (Å²) in [7, 11) is 0.984. The van der Waals surface area contributed by atoms with E-state index in [-0.39, 0.29) is 5.56 Å². The van der Waals surface area contributed by atoms with E-state index in [1.165, 1.54) is 0 Å². The van der Waals surface area contributed by atoms with Crippen LogP contribution in [-0.2, 0) is 4.74 Å². The van der Waals surface area contributed by atoms with Crippen molar-refractivity contribution in [1.82, 2.24) is 4.98 Å². The molecule has 7 nitrogen and oxygen atoms in total. The zero-order chi connectivity index (χ0) is 14.8. The van der Waals surface area contributed by atoms with Gasteiger partial charge in [-0.1, -0.05) is 0 Å². The first-order valence-electron chi connectivity index (χ1n) is 4.66. The Morgan fingerprint density at radius 1 is 1.47 bits per heavy atom. The second-order valence-corrected chi connectivity index (χ2v) is 3.25. The second kappa shape index (κ2) is 5.08. The van der Waals surface area contributed by atoms with Gasteiger partial charge in [-0.15, -0.1) is 13.2 Å². The zero-order valence-electron chi connectivity index (χ0n) is 9.65. The molecule has 1 aromatic rings. The van der Waals surface area contributed by atoms with Crippen molar-refractivity contribution in [2.24, 2.45) is 0 Å². The molecule has 0 radical (unpaired) electrons. The summed E-state index contributed by atoms with van der Waals surface area (Å²) in [6.07, 6.45) is -5.08. The summed E-state index contributed by atoms with van der Waals surface area (Å²) in [5, 5.41) is 10.7. The summed E-state index contributed by atoms with van der Waals surface area (Å²) in [6.45, 7) is 1.16. The number of carbonyl (C=O) groups is 1. The molecule has 19 heavy (non-hydrogen) atoms. The lowest BCUT2D eigenvalue weighted by molar-refractivity contribution is -0.390. The van der Waals surface area contributed by atoms with E-state index in [4.69, 9.17) is 0 Å². The van der Waals surface area contributed by atoms with Crippen molar-refractivity contribution in [1.29, 1.82) is 0 Å². The van der Waals surface area contributed by atoms with Crippen molar-refractivity contribution in [3.8, 4) is 5.88 Å². The summed E-state index contributed by atoms with van der Waals surface area (Å²) in [5.74, 6) is -3.05. The third-order valence-electron chi connectivity index (χ3n) is 2.02. The number of nitrogens with zero attached hydrogens (tertiary/aromatic N) is 2. The SMILES string of the molecule is COC(=O)c1cc(OC(F)(F)F)nc([N+](=O)[O-])c1C. The lowest BCUT2D eigenvalue weighted by atomic mass is 10.1. The van der Waals surface area contributed by atoms with Crippen molar-refractivity contribution in [3.63, 3.8) is 0 Å². The molecule has 0 aliphatic heterocycles. The number of carbonyl (C=O) groups excluding carboxylic acids is 1. The predicted octanol–water partition coefficient (Wildman–Crippen LogP) is 1.98. The molecule has 104 valence electrons. The van der Waals surface area contributed by atoms with Crippen LogP contribution in [0.2, 0.25) is 0 Å². The highest BCUT2D eigenvalue weighted by Gasteiger charge is 2.35. The van der Waals surface area contributed by atoms with Gasteiger partial charge in [0.1, 0.15) is 0 Å². The van der Waals surface area contributed by atoms with Gasteiger partial charge in [-0.3, -0.25) is 0 Å². The van der Waals surface area contributed by atoms with E-state index in [2.05, 4.69) is 14.5 Å². The van der Waals surface area contributed by atoms with E-state index in [1.807, 2.05) is 0 Å². The van der Waals surface area contributed by atoms with Gasteiger partial charge in [0.25, 0.3) is 0 Å². The van der Waals surface area contributed by atoms with Gasteiger partial charge in [0.15, 0.2) is 0 Å². The Hall–Kier alpha value is -2.39. The van der Waals surface area contributed by atoms with Crippen LogP contribution in [0.1, 0.15) is 15.9 Å². The molecule has 0 amide bonds. The van der Waals surface area contributed by atoms with Gasteiger partial charge in [-0.2, -0.15) is 0 Å². The lowest BCUT2D eigenvalue weighted by Crippen LogP contribution is -2.19. The number of esters is 1. The third kappa shape index (κ3) is 3.53. The average Bonchev–Trinajstić information content (AvgIpc) is 2.27. The van der Waals surface area contributed by atoms with Gasteiger partial charge in [-0.05, 0) is 11.8 Å². The molecule has 1 rings (SSSR count). The third-order valence-corrected chi connectivity index (χ3v) is 2.02. The van der Waals surface area contributed by atoms with E-state index in [1.54, 1.807) is 0 Å². The molecule has 0 unspecified atom stereocenters. The van der Waals surface area contributed by atoms with Gasteiger partial charge in [0.05, 0.1) is 18.2 Å². The summed E-state index contributed by atoms with van der Waals surface area (Å²) in [4.78, 5) is 24.0. The van der Waals surface area contributed by atoms with E-state index < -0.39 is 34.5 Å². The lowest BCUT2D eigenvalue weighted by Gasteiger charge is -2.08. The molecule has 0 spiro atoms. The van der Waals surface area contributed by atoms with Gasteiger partial charge in [0.2, 0.25) is 0 Å². The van der Waals surface area contributed by atoms with E-state index >= 15 is 0 Å². The normalized spacial score (nSPS) is 11.0. The van der Waals surface area contributed by atoms with Crippen LogP contribution in [0.25, 0.3) is 0 Å². The molecule has 0 saturated heterocycles. The molecule has 0 fully saturated rings. The fourth-order valence-electron chi connectivity index (χ4n) is 1.24. The molecule has 0 bridgehead atoms. The summed E-state index contributed by atoms with van der Waals surface area (Å²) in [5.41, 5.74) is -0.644. The topological polar surface area (TPSA) is 91.6 Å². The first kappa shape index (κ1) is 14.7. The smallest absolute Gasteiger partial charge is 0.465 e. The molecule has 0 N–H and O–H groups in total. The van der Waals surface area contributed by atoms with E-state index in [9.17, 15) is 28.1 Å². The van der Waals surface area contributed by atoms with Crippen molar-refractivity contribution in [2.45, 2.75) is 13.3 Å². The number of rotatable bonds is 3. The number of hydrogen-bond acceptors (Lipinski definition) is 6. The Morgan fingerprint density at radius 3 is 2.47 bits per heavy atom. The molecule has 0 atom stereocenters. The number of ether oxygens (including phenoxy) is 2. The molecular formula is C9H7F3N2O5. The van der Waals surface area contributed by atoms with E-state index in [0.717, 1.165) is 14.0 Å². The first-order chi connectivity index (χ1) is 8.65. The predicted molar refractivity (Wildman–Crippen MR) is 53.7 cm³/mol. The van der Waals surface area contributed by atoms with Crippen LogP contribution in [-0.4, -0.2) is 29.3 Å². The Kier molecular flexibility index (Phi) is 3.92. The molecule has 0 aromatic carbocycles. The number of pyridine rings is 1. The highest BCUT2D eigenvalue weighted by molar-refractivity contribution is 5.92. The summed E-state index contributed by atoms with van der Waals surface area (Å²) < 4.78 is 43.9. The monoisotopic (exact) mass is 280 g/mol. The number of methoxy groups -OCH3 is 1. The standard InChI is InChI=1S/C9H7F3N2O5/c1-4-5(8(15)18-2)3-6(19-9(10,11)12)13-7(4)14(16)17/h3H,1-2H3. The van der Waals surface area contributed by atoms with Gasteiger partial charge in [-0.25, -0.2) is 4.79 Å². The highest BCUT2D eigenvalue weighted by atomic mass is 19.4. The Balaban J connectivity index is 3.39.